The number of carbonyl (C=O) groups is 1. The number of hydrogen-bond acceptors (Lipinski definition) is 3. The van der Waals surface area contributed by atoms with Crippen molar-refractivity contribution in [2.75, 3.05) is 26.0 Å². The van der Waals surface area contributed by atoms with Crippen molar-refractivity contribution in [1.82, 2.24) is 9.47 Å². The molecular formula is C17H26N4O. The fourth-order valence-corrected chi connectivity index (χ4v) is 2.29. The largest absolute Gasteiger partial charge is 0.346 e. The van der Waals surface area contributed by atoms with Crippen molar-refractivity contribution in [3.63, 3.8) is 0 Å². The molecule has 1 aromatic carbocycles. The standard InChI is InChI=1S/C17H26N4O/c1-12(2)16(18)17(22)19-14-6-5-13-7-8-21(15(13)11-14)10-9-20(3)4/h5-8,11-12,16H,9-10,18H2,1-4H3,(H,19,22)/t16-/m0/s1. The molecule has 0 unspecified atom stereocenters. The predicted molar refractivity (Wildman–Crippen MR) is 91.9 cm³/mol. The first-order chi connectivity index (χ1) is 10.4. The molecule has 0 radical (unpaired) electrons. The Morgan fingerprint density at radius 1 is 1.32 bits per heavy atom. The van der Waals surface area contributed by atoms with E-state index in [1.165, 1.54) is 5.39 Å². The number of likely N-dealkylation sites (N-methyl/N-ethyl adjacent to an activating group) is 1. The molecular weight excluding hydrogens is 276 g/mol. The van der Waals surface area contributed by atoms with E-state index in [4.69, 9.17) is 5.73 Å². The van der Waals surface area contributed by atoms with E-state index in [0.29, 0.717) is 0 Å². The average Bonchev–Trinajstić information content (AvgIpc) is 2.86. The maximum Gasteiger partial charge on any atom is 0.241 e. The molecule has 22 heavy (non-hydrogen) atoms. The summed E-state index contributed by atoms with van der Waals surface area (Å²) < 4.78 is 2.20. The van der Waals surface area contributed by atoms with Gasteiger partial charge in [-0.3, -0.25) is 4.79 Å². The Morgan fingerprint density at radius 3 is 2.68 bits per heavy atom. The number of carbonyl (C=O) groups excluding carboxylic acids is 1. The van der Waals surface area contributed by atoms with Gasteiger partial charge >= 0.3 is 0 Å². The van der Waals surface area contributed by atoms with Gasteiger partial charge in [-0.15, -0.1) is 0 Å². The van der Waals surface area contributed by atoms with Gasteiger partial charge in [-0.2, -0.15) is 0 Å². The number of aromatic nitrogens is 1. The molecule has 0 bridgehead atoms. The number of amides is 1. The van der Waals surface area contributed by atoms with E-state index >= 15 is 0 Å². The zero-order chi connectivity index (χ0) is 16.3. The summed E-state index contributed by atoms with van der Waals surface area (Å²) in [5, 5.41) is 4.08. The van der Waals surface area contributed by atoms with Crippen LogP contribution in [-0.2, 0) is 11.3 Å². The topological polar surface area (TPSA) is 63.3 Å². The summed E-state index contributed by atoms with van der Waals surface area (Å²) in [6.45, 7) is 5.78. The van der Waals surface area contributed by atoms with Gasteiger partial charge in [0.25, 0.3) is 0 Å². The highest BCUT2D eigenvalue weighted by atomic mass is 16.2. The molecule has 5 heteroatoms. The SMILES string of the molecule is CC(C)[C@H](N)C(=O)Nc1ccc2ccn(CCN(C)C)c2c1. The van der Waals surface area contributed by atoms with E-state index in [1.54, 1.807) is 0 Å². The summed E-state index contributed by atoms with van der Waals surface area (Å²) in [7, 11) is 4.12. The van der Waals surface area contributed by atoms with Crippen molar-refractivity contribution >= 4 is 22.5 Å². The van der Waals surface area contributed by atoms with Crippen LogP contribution in [-0.4, -0.2) is 42.1 Å². The fraction of sp³-hybridized carbons (Fsp3) is 0.471. The second-order valence-electron chi connectivity index (χ2n) is 6.35. The summed E-state index contributed by atoms with van der Waals surface area (Å²) in [6, 6.07) is 7.56. The molecule has 1 heterocycles. The van der Waals surface area contributed by atoms with Crippen molar-refractivity contribution in [3.8, 4) is 0 Å². The van der Waals surface area contributed by atoms with Gasteiger partial charge in [-0.05, 0) is 43.6 Å². The van der Waals surface area contributed by atoms with Crippen LogP contribution in [0, 0.1) is 5.92 Å². The van der Waals surface area contributed by atoms with Gasteiger partial charge in [0.15, 0.2) is 0 Å². The molecule has 0 aliphatic rings. The minimum Gasteiger partial charge on any atom is -0.346 e. The lowest BCUT2D eigenvalue weighted by Crippen LogP contribution is -2.39. The molecule has 2 rings (SSSR count). The van der Waals surface area contributed by atoms with Crippen molar-refractivity contribution in [2.45, 2.75) is 26.4 Å². The van der Waals surface area contributed by atoms with Gasteiger partial charge in [-0.1, -0.05) is 19.9 Å². The van der Waals surface area contributed by atoms with E-state index in [0.717, 1.165) is 24.3 Å². The first-order valence-electron chi connectivity index (χ1n) is 7.68. The number of fused-ring (bicyclic) bond motifs is 1. The van der Waals surface area contributed by atoms with Crippen molar-refractivity contribution in [3.05, 3.63) is 30.5 Å². The zero-order valence-corrected chi connectivity index (χ0v) is 13.8. The van der Waals surface area contributed by atoms with Crippen LogP contribution in [0.2, 0.25) is 0 Å². The van der Waals surface area contributed by atoms with E-state index < -0.39 is 6.04 Å². The Bertz CT molecular complexity index is 645. The first-order valence-corrected chi connectivity index (χ1v) is 7.68. The number of nitrogens with zero attached hydrogens (tertiary/aromatic N) is 2. The number of nitrogens with one attached hydrogen (secondary N) is 1. The van der Waals surface area contributed by atoms with Gasteiger partial charge in [-0.25, -0.2) is 0 Å². The van der Waals surface area contributed by atoms with Gasteiger partial charge < -0.3 is 20.5 Å². The third-order valence-electron chi connectivity index (χ3n) is 3.85. The Balaban J connectivity index is 2.18. The third-order valence-corrected chi connectivity index (χ3v) is 3.85. The Labute approximate surface area is 132 Å². The molecule has 0 fully saturated rings. The highest BCUT2D eigenvalue weighted by Crippen LogP contribution is 2.21. The zero-order valence-electron chi connectivity index (χ0n) is 13.8. The number of anilines is 1. The molecule has 0 spiro atoms. The summed E-state index contributed by atoms with van der Waals surface area (Å²) >= 11 is 0. The summed E-state index contributed by atoms with van der Waals surface area (Å²) in [5.74, 6) is -0.0200. The minimum absolute atomic E-state index is 0.118. The Morgan fingerprint density at radius 2 is 2.05 bits per heavy atom. The molecule has 0 aliphatic carbocycles. The highest BCUT2D eigenvalue weighted by molar-refractivity contribution is 5.96. The van der Waals surface area contributed by atoms with Crippen molar-refractivity contribution in [1.29, 1.82) is 0 Å². The van der Waals surface area contributed by atoms with Gasteiger partial charge in [0.1, 0.15) is 0 Å². The molecule has 1 amide bonds. The lowest BCUT2D eigenvalue weighted by molar-refractivity contribution is -0.118. The van der Waals surface area contributed by atoms with Gasteiger partial charge in [0, 0.05) is 25.0 Å². The van der Waals surface area contributed by atoms with E-state index in [9.17, 15) is 4.79 Å². The number of rotatable bonds is 6. The maximum atomic E-state index is 12.1. The van der Waals surface area contributed by atoms with Crippen LogP contribution < -0.4 is 11.1 Å². The van der Waals surface area contributed by atoms with Crippen molar-refractivity contribution in [2.24, 2.45) is 11.7 Å². The first kappa shape index (κ1) is 16.5. The molecule has 5 nitrogen and oxygen atoms in total. The molecule has 0 saturated carbocycles. The average molecular weight is 302 g/mol. The Hall–Kier alpha value is -1.85. The van der Waals surface area contributed by atoms with E-state index in [2.05, 4.69) is 41.1 Å². The summed E-state index contributed by atoms with van der Waals surface area (Å²) in [6.07, 6.45) is 2.08. The summed E-state index contributed by atoms with van der Waals surface area (Å²) in [5.41, 5.74) is 7.80. The van der Waals surface area contributed by atoms with Crippen LogP contribution in [0.1, 0.15) is 13.8 Å². The normalized spacial score (nSPS) is 13.0. The molecule has 1 atom stereocenters. The quantitative estimate of drug-likeness (QED) is 0.859. The van der Waals surface area contributed by atoms with Gasteiger partial charge in [0.2, 0.25) is 5.91 Å². The minimum atomic E-state index is -0.490. The maximum absolute atomic E-state index is 12.1. The second kappa shape index (κ2) is 6.94. The lowest BCUT2D eigenvalue weighted by Gasteiger charge is -2.16. The molecule has 120 valence electrons. The van der Waals surface area contributed by atoms with Crippen LogP contribution in [0.25, 0.3) is 10.9 Å². The van der Waals surface area contributed by atoms with Crippen LogP contribution in [0.5, 0.6) is 0 Å². The molecule has 0 aliphatic heterocycles. The van der Waals surface area contributed by atoms with E-state index in [-0.39, 0.29) is 11.8 Å². The third kappa shape index (κ3) is 3.87. The predicted octanol–water partition coefficient (Wildman–Crippen LogP) is 2.12. The second-order valence-corrected chi connectivity index (χ2v) is 6.35. The Kier molecular flexibility index (Phi) is 5.21. The van der Waals surface area contributed by atoms with Crippen LogP contribution in [0.4, 0.5) is 5.69 Å². The lowest BCUT2D eigenvalue weighted by atomic mass is 10.0. The molecule has 1 aromatic heterocycles. The van der Waals surface area contributed by atoms with Crippen LogP contribution in [0.15, 0.2) is 30.5 Å². The molecule has 3 N–H and O–H groups in total. The molecule has 0 saturated heterocycles. The monoisotopic (exact) mass is 302 g/mol. The van der Waals surface area contributed by atoms with Crippen LogP contribution >= 0.6 is 0 Å². The number of hydrogen-bond donors (Lipinski definition) is 2. The smallest absolute Gasteiger partial charge is 0.241 e. The van der Waals surface area contributed by atoms with Crippen molar-refractivity contribution < 1.29 is 4.79 Å². The highest BCUT2D eigenvalue weighted by Gasteiger charge is 2.17. The van der Waals surface area contributed by atoms with Gasteiger partial charge in [0.05, 0.1) is 11.6 Å². The summed E-state index contributed by atoms with van der Waals surface area (Å²) in [4.78, 5) is 14.2. The fourth-order valence-electron chi connectivity index (χ4n) is 2.29. The van der Waals surface area contributed by atoms with E-state index in [1.807, 2.05) is 32.0 Å². The number of nitrogens with two attached hydrogens (primary N) is 1. The van der Waals surface area contributed by atoms with Crippen LogP contribution in [0.3, 0.4) is 0 Å². The molecule has 2 aromatic rings. The number of benzene rings is 1.